The van der Waals surface area contributed by atoms with Crippen molar-refractivity contribution in [3.8, 4) is 0 Å². The SMILES string of the molecule is CCCCCCCCCCCCCCCCCC(=O)OC[C@H](COP(=O)(O)OC[C@@H](O)COP(=O)(O)OC[C@@H](COC(=O)CCCCCCCCCCCCC)OC(=O)CCCCCCCCCCCCC)OC(=O)CCCCCCCCCCCCCCCCCCCCC(C)CC. The smallest absolute Gasteiger partial charge is 0.462 e. The van der Waals surface area contributed by atoms with Gasteiger partial charge < -0.3 is 33.8 Å². The number of carbonyl (C=O) groups is 4. The Bertz CT molecular complexity index is 1890. The molecule has 3 N–H and O–H groups in total. The molecule has 0 aromatic carbocycles. The van der Waals surface area contributed by atoms with Gasteiger partial charge in [-0.25, -0.2) is 9.13 Å². The van der Waals surface area contributed by atoms with E-state index in [9.17, 15) is 43.2 Å². The molecule has 19 heteroatoms. The maximum absolute atomic E-state index is 13.1. The second-order valence-corrected chi connectivity index (χ2v) is 32.0. The monoisotopic (exact) mass is 1450 g/mol. The third-order valence-electron chi connectivity index (χ3n) is 19.1. The molecule has 17 nitrogen and oxygen atoms in total. The Morgan fingerprint density at radius 2 is 0.485 bits per heavy atom. The Labute approximate surface area is 607 Å². The van der Waals surface area contributed by atoms with Gasteiger partial charge in [-0.3, -0.25) is 37.3 Å². The van der Waals surface area contributed by atoms with Gasteiger partial charge >= 0.3 is 39.5 Å². The van der Waals surface area contributed by atoms with Crippen LogP contribution in [0.4, 0.5) is 0 Å². The van der Waals surface area contributed by atoms with Crippen LogP contribution in [0.15, 0.2) is 0 Å². The number of hydrogen-bond acceptors (Lipinski definition) is 15. The molecular formula is C80H156O17P2. The lowest BCUT2D eigenvalue weighted by molar-refractivity contribution is -0.161. The molecule has 0 bridgehead atoms. The highest BCUT2D eigenvalue weighted by atomic mass is 31.2. The summed E-state index contributed by atoms with van der Waals surface area (Å²) in [6.45, 7) is 7.38. The quantitative estimate of drug-likeness (QED) is 0.0222. The number of phosphoric acid groups is 2. The van der Waals surface area contributed by atoms with E-state index >= 15 is 0 Å². The number of hydrogen-bond donors (Lipinski definition) is 3. The molecule has 0 saturated carbocycles. The summed E-state index contributed by atoms with van der Waals surface area (Å²) in [6.07, 6.45) is 63.7. The van der Waals surface area contributed by atoms with E-state index in [0.717, 1.165) is 95.8 Å². The first-order chi connectivity index (χ1) is 48.1. The van der Waals surface area contributed by atoms with E-state index in [1.54, 1.807) is 0 Å². The van der Waals surface area contributed by atoms with Gasteiger partial charge in [-0.1, -0.05) is 375 Å². The molecule has 6 atom stereocenters. The van der Waals surface area contributed by atoms with Crippen molar-refractivity contribution in [2.45, 2.75) is 445 Å². The van der Waals surface area contributed by atoms with Crippen molar-refractivity contribution in [1.29, 1.82) is 0 Å². The molecule has 0 amide bonds. The number of phosphoric ester groups is 2. The Morgan fingerprint density at radius 1 is 0.283 bits per heavy atom. The first-order valence-electron chi connectivity index (χ1n) is 41.7. The highest BCUT2D eigenvalue weighted by Crippen LogP contribution is 2.45. The molecule has 0 heterocycles. The van der Waals surface area contributed by atoms with E-state index < -0.39 is 97.5 Å². The molecule has 0 radical (unpaired) electrons. The molecule has 0 rings (SSSR count). The summed E-state index contributed by atoms with van der Waals surface area (Å²) >= 11 is 0. The summed E-state index contributed by atoms with van der Waals surface area (Å²) in [4.78, 5) is 72.9. The van der Waals surface area contributed by atoms with Gasteiger partial charge in [-0.2, -0.15) is 0 Å². The third-order valence-corrected chi connectivity index (χ3v) is 21.0. The molecule has 99 heavy (non-hydrogen) atoms. The molecule has 0 saturated heterocycles. The first kappa shape index (κ1) is 97.1. The lowest BCUT2D eigenvalue weighted by atomic mass is 9.99. The summed E-state index contributed by atoms with van der Waals surface area (Å²) in [5, 5.41) is 10.6. The van der Waals surface area contributed by atoms with Gasteiger partial charge in [-0.05, 0) is 31.6 Å². The predicted octanol–water partition coefficient (Wildman–Crippen LogP) is 24.0. The van der Waals surface area contributed by atoms with Crippen LogP contribution in [0.5, 0.6) is 0 Å². The van der Waals surface area contributed by atoms with Crippen molar-refractivity contribution in [2.24, 2.45) is 5.92 Å². The molecule has 0 fully saturated rings. The van der Waals surface area contributed by atoms with Crippen LogP contribution >= 0.6 is 15.6 Å². The summed E-state index contributed by atoms with van der Waals surface area (Å²) in [5.41, 5.74) is 0. The molecular weight excluding hydrogens is 1290 g/mol. The number of unbranched alkanes of at least 4 members (excludes halogenated alkanes) is 51. The van der Waals surface area contributed by atoms with Crippen LogP contribution in [0.2, 0.25) is 0 Å². The van der Waals surface area contributed by atoms with Gasteiger partial charge in [0, 0.05) is 25.7 Å². The van der Waals surface area contributed by atoms with Crippen LogP contribution in [0.25, 0.3) is 0 Å². The highest BCUT2D eigenvalue weighted by molar-refractivity contribution is 7.47. The van der Waals surface area contributed by atoms with E-state index in [1.165, 1.54) is 250 Å². The maximum Gasteiger partial charge on any atom is 0.472 e. The van der Waals surface area contributed by atoms with Crippen LogP contribution in [0.3, 0.4) is 0 Å². The van der Waals surface area contributed by atoms with Gasteiger partial charge in [0.1, 0.15) is 19.3 Å². The maximum atomic E-state index is 13.1. The highest BCUT2D eigenvalue weighted by Gasteiger charge is 2.30. The summed E-state index contributed by atoms with van der Waals surface area (Å²) < 4.78 is 68.6. The lowest BCUT2D eigenvalue weighted by Crippen LogP contribution is -2.30. The number of aliphatic hydroxyl groups is 1. The number of aliphatic hydroxyl groups excluding tert-OH is 1. The van der Waals surface area contributed by atoms with Crippen LogP contribution in [0.1, 0.15) is 426 Å². The minimum atomic E-state index is -4.96. The molecule has 0 aromatic heterocycles. The van der Waals surface area contributed by atoms with E-state index in [0.29, 0.717) is 25.7 Å². The third kappa shape index (κ3) is 72.8. The van der Waals surface area contributed by atoms with Crippen molar-refractivity contribution < 1.29 is 80.2 Å². The average Bonchev–Trinajstić information content (AvgIpc) is 1.13. The fourth-order valence-electron chi connectivity index (χ4n) is 12.4. The van der Waals surface area contributed by atoms with Gasteiger partial charge in [0.2, 0.25) is 0 Å². The van der Waals surface area contributed by atoms with Crippen molar-refractivity contribution in [3.05, 3.63) is 0 Å². The van der Waals surface area contributed by atoms with E-state index in [4.69, 9.17) is 37.0 Å². The predicted molar refractivity (Wildman–Crippen MR) is 405 cm³/mol. The number of rotatable bonds is 80. The Hall–Kier alpha value is -1.94. The molecule has 588 valence electrons. The molecule has 0 spiro atoms. The lowest BCUT2D eigenvalue weighted by Gasteiger charge is -2.21. The van der Waals surface area contributed by atoms with E-state index in [2.05, 4.69) is 34.6 Å². The zero-order chi connectivity index (χ0) is 72.7. The molecule has 0 aliphatic heterocycles. The van der Waals surface area contributed by atoms with Crippen LogP contribution in [0, 0.1) is 5.92 Å². The van der Waals surface area contributed by atoms with Crippen LogP contribution in [-0.2, 0) is 65.4 Å². The molecule has 0 aliphatic carbocycles. The van der Waals surface area contributed by atoms with Crippen LogP contribution in [-0.4, -0.2) is 96.7 Å². The number of carbonyl (C=O) groups excluding carboxylic acids is 4. The van der Waals surface area contributed by atoms with Gasteiger partial charge in [0.25, 0.3) is 0 Å². The summed E-state index contributed by atoms with van der Waals surface area (Å²) in [5.74, 6) is -1.24. The zero-order valence-corrected chi connectivity index (χ0v) is 66.4. The minimum absolute atomic E-state index is 0.108. The molecule has 0 aromatic rings. The van der Waals surface area contributed by atoms with Crippen LogP contribution < -0.4 is 0 Å². The Kier molecular flexibility index (Phi) is 71.6. The number of ether oxygens (including phenoxy) is 4. The first-order valence-corrected chi connectivity index (χ1v) is 44.7. The van der Waals surface area contributed by atoms with Crippen molar-refractivity contribution in [1.82, 2.24) is 0 Å². The van der Waals surface area contributed by atoms with Gasteiger partial charge in [-0.15, -0.1) is 0 Å². The average molecular weight is 1450 g/mol. The Morgan fingerprint density at radius 3 is 0.717 bits per heavy atom. The fourth-order valence-corrected chi connectivity index (χ4v) is 14.0. The second-order valence-electron chi connectivity index (χ2n) is 29.1. The van der Waals surface area contributed by atoms with Crippen molar-refractivity contribution >= 4 is 39.5 Å². The summed E-state index contributed by atoms with van der Waals surface area (Å²) in [6, 6.07) is 0. The topological polar surface area (TPSA) is 237 Å². The van der Waals surface area contributed by atoms with E-state index in [1.807, 2.05) is 0 Å². The minimum Gasteiger partial charge on any atom is -0.462 e. The normalized spacial score (nSPS) is 14.1. The van der Waals surface area contributed by atoms with Gasteiger partial charge in [0.05, 0.1) is 26.4 Å². The zero-order valence-electron chi connectivity index (χ0n) is 64.6. The van der Waals surface area contributed by atoms with Gasteiger partial charge in [0.15, 0.2) is 12.2 Å². The number of esters is 4. The standard InChI is InChI=1S/C80H156O17P2/c1-6-10-13-16-19-22-25-26-31-35-40-44-49-54-59-64-78(83)91-70-76(97-80(85)66-61-56-51-46-41-36-33-30-28-27-29-32-34-39-42-47-52-57-62-73(5)9-4)72-95-99(88,89)93-68-74(81)67-92-98(86,87)94-71-75(96-79(84)65-60-55-50-45-38-24-21-18-15-12-8-3)69-90-77(82)63-58-53-48-43-37-23-20-17-14-11-7-2/h73-76,81H,6-72H2,1-5H3,(H,86,87)(H,88,89)/t73?,74-,75+,76+/m0/s1. The fraction of sp³-hybridized carbons (Fsp3) is 0.950. The largest absolute Gasteiger partial charge is 0.472 e. The molecule has 0 aliphatic rings. The second kappa shape index (κ2) is 73.0. The van der Waals surface area contributed by atoms with Crippen molar-refractivity contribution in [2.75, 3.05) is 39.6 Å². The Balaban J connectivity index is 5.20. The molecule has 3 unspecified atom stereocenters. The summed E-state index contributed by atoms with van der Waals surface area (Å²) in [7, 11) is -9.91. The van der Waals surface area contributed by atoms with Crippen molar-refractivity contribution in [3.63, 3.8) is 0 Å². The van der Waals surface area contributed by atoms with E-state index in [-0.39, 0.29) is 25.7 Å².